The van der Waals surface area contributed by atoms with Crippen molar-refractivity contribution in [3.05, 3.63) is 0 Å². The largest absolute Gasteiger partial charge is 0.340 e. The number of amides is 1. The average Bonchev–Trinajstić information content (AvgIpc) is 2.24. The van der Waals surface area contributed by atoms with Crippen molar-refractivity contribution in [1.29, 1.82) is 0 Å². The van der Waals surface area contributed by atoms with E-state index in [9.17, 15) is 4.79 Å². The molecular formula is C16H30N2O. The minimum atomic E-state index is -0.254. The second-order valence-corrected chi connectivity index (χ2v) is 7.70. The van der Waals surface area contributed by atoms with Gasteiger partial charge in [0.2, 0.25) is 5.91 Å². The normalized spacial score (nSPS) is 29.2. The van der Waals surface area contributed by atoms with Crippen LogP contribution in [0.25, 0.3) is 0 Å². The number of nitrogens with one attached hydrogen (secondary N) is 1. The molecule has 2 atom stereocenters. The highest BCUT2D eigenvalue weighted by molar-refractivity contribution is 5.81. The van der Waals surface area contributed by atoms with Crippen molar-refractivity contribution in [3.8, 4) is 0 Å². The lowest BCUT2D eigenvalue weighted by molar-refractivity contribution is -0.141. The molecule has 1 saturated carbocycles. The van der Waals surface area contributed by atoms with Gasteiger partial charge in [0.15, 0.2) is 0 Å². The molecule has 110 valence electrons. The van der Waals surface area contributed by atoms with Gasteiger partial charge < -0.3 is 10.2 Å². The first-order valence-corrected chi connectivity index (χ1v) is 7.89. The van der Waals surface area contributed by atoms with Crippen molar-refractivity contribution in [2.24, 2.45) is 17.3 Å². The first-order chi connectivity index (χ1) is 8.86. The van der Waals surface area contributed by atoms with E-state index in [1.54, 1.807) is 0 Å². The number of carbonyl (C=O) groups is 1. The quantitative estimate of drug-likeness (QED) is 0.852. The smallest absolute Gasteiger partial charge is 0.228 e. The third kappa shape index (κ3) is 3.95. The predicted octanol–water partition coefficient (Wildman–Crippen LogP) is 2.66. The van der Waals surface area contributed by atoms with Crippen LogP contribution in [0.1, 0.15) is 53.4 Å². The molecule has 1 aliphatic heterocycles. The van der Waals surface area contributed by atoms with Gasteiger partial charge in [-0.1, -0.05) is 34.1 Å². The summed E-state index contributed by atoms with van der Waals surface area (Å²) in [6.07, 6.45) is 5.39. The molecule has 0 aromatic heterocycles. The van der Waals surface area contributed by atoms with E-state index in [1.807, 2.05) is 20.8 Å². The molecule has 1 aliphatic carbocycles. The number of likely N-dealkylation sites (tertiary alicyclic amines) is 1. The van der Waals surface area contributed by atoms with Gasteiger partial charge in [0, 0.05) is 24.5 Å². The Morgan fingerprint density at radius 2 is 1.95 bits per heavy atom. The SMILES string of the molecule is CC1CC(NCC2CCC2)CN(C(=O)C(C)(C)C)C1. The van der Waals surface area contributed by atoms with Crippen molar-refractivity contribution in [2.75, 3.05) is 19.6 Å². The van der Waals surface area contributed by atoms with Gasteiger partial charge in [0.1, 0.15) is 0 Å². The fourth-order valence-electron chi connectivity index (χ4n) is 3.17. The summed E-state index contributed by atoms with van der Waals surface area (Å²) in [4.78, 5) is 14.5. The molecule has 19 heavy (non-hydrogen) atoms. The average molecular weight is 266 g/mol. The number of hydrogen-bond acceptors (Lipinski definition) is 2. The molecule has 3 heteroatoms. The maximum atomic E-state index is 12.4. The first-order valence-electron chi connectivity index (χ1n) is 7.89. The van der Waals surface area contributed by atoms with Crippen LogP contribution in [0, 0.1) is 17.3 Å². The summed E-state index contributed by atoms with van der Waals surface area (Å²) < 4.78 is 0. The second-order valence-electron chi connectivity index (χ2n) is 7.70. The van der Waals surface area contributed by atoms with Crippen molar-refractivity contribution in [3.63, 3.8) is 0 Å². The summed E-state index contributed by atoms with van der Waals surface area (Å²) in [5.74, 6) is 1.80. The lowest BCUT2D eigenvalue weighted by Crippen LogP contribution is -2.54. The predicted molar refractivity (Wildman–Crippen MR) is 78.9 cm³/mol. The molecule has 1 heterocycles. The van der Waals surface area contributed by atoms with Crippen LogP contribution in [0.3, 0.4) is 0 Å². The monoisotopic (exact) mass is 266 g/mol. The van der Waals surface area contributed by atoms with Crippen LogP contribution in [0.2, 0.25) is 0 Å². The van der Waals surface area contributed by atoms with Gasteiger partial charge in [-0.05, 0) is 37.6 Å². The molecule has 2 rings (SSSR count). The van der Waals surface area contributed by atoms with Crippen LogP contribution < -0.4 is 5.32 Å². The first kappa shape index (κ1) is 14.8. The summed E-state index contributed by atoms with van der Waals surface area (Å²) >= 11 is 0. The molecule has 2 unspecified atom stereocenters. The van der Waals surface area contributed by atoms with Crippen LogP contribution in [-0.2, 0) is 4.79 Å². The van der Waals surface area contributed by atoms with E-state index in [0.29, 0.717) is 17.9 Å². The highest BCUT2D eigenvalue weighted by Crippen LogP contribution is 2.27. The van der Waals surface area contributed by atoms with Gasteiger partial charge in [0.05, 0.1) is 0 Å². The topological polar surface area (TPSA) is 32.3 Å². The Balaban J connectivity index is 1.86. The summed E-state index contributed by atoms with van der Waals surface area (Å²) in [5, 5.41) is 3.70. The molecule has 0 spiro atoms. The Labute approximate surface area is 118 Å². The number of nitrogens with zero attached hydrogens (tertiary/aromatic N) is 1. The minimum absolute atomic E-state index is 0.254. The minimum Gasteiger partial charge on any atom is -0.340 e. The van der Waals surface area contributed by atoms with E-state index in [2.05, 4.69) is 17.1 Å². The van der Waals surface area contributed by atoms with Crippen molar-refractivity contribution in [2.45, 2.75) is 59.4 Å². The molecular weight excluding hydrogens is 236 g/mol. The van der Waals surface area contributed by atoms with Gasteiger partial charge in [0.25, 0.3) is 0 Å². The summed E-state index contributed by atoms with van der Waals surface area (Å²) in [7, 11) is 0. The van der Waals surface area contributed by atoms with Crippen molar-refractivity contribution >= 4 is 5.91 Å². The van der Waals surface area contributed by atoms with Crippen LogP contribution in [0.4, 0.5) is 0 Å². The molecule has 0 aromatic carbocycles. The lowest BCUT2D eigenvalue weighted by atomic mass is 9.85. The number of hydrogen-bond donors (Lipinski definition) is 1. The van der Waals surface area contributed by atoms with Gasteiger partial charge in [-0.25, -0.2) is 0 Å². The van der Waals surface area contributed by atoms with Gasteiger partial charge >= 0.3 is 0 Å². The fourth-order valence-corrected chi connectivity index (χ4v) is 3.17. The molecule has 0 radical (unpaired) electrons. The standard InChI is InChI=1S/C16H30N2O/c1-12-8-14(17-9-13-6-5-7-13)11-18(10-12)15(19)16(2,3)4/h12-14,17H,5-11H2,1-4H3. The Morgan fingerprint density at radius 3 is 2.47 bits per heavy atom. The van der Waals surface area contributed by atoms with E-state index in [1.165, 1.54) is 25.7 Å². The molecule has 2 fully saturated rings. The summed E-state index contributed by atoms with van der Waals surface area (Å²) in [6, 6.07) is 0.496. The Morgan fingerprint density at radius 1 is 1.26 bits per heavy atom. The third-order valence-corrected chi connectivity index (χ3v) is 4.51. The molecule has 0 bridgehead atoms. The zero-order chi connectivity index (χ0) is 14.0. The molecule has 1 saturated heterocycles. The Kier molecular flexibility index (Phi) is 4.54. The molecule has 2 aliphatic rings. The van der Waals surface area contributed by atoms with Gasteiger partial charge in [-0.2, -0.15) is 0 Å². The Bertz CT molecular complexity index is 317. The number of carbonyl (C=O) groups excluding carboxylic acids is 1. The van der Waals surface area contributed by atoms with Crippen molar-refractivity contribution in [1.82, 2.24) is 10.2 Å². The Hall–Kier alpha value is -0.570. The van der Waals surface area contributed by atoms with E-state index >= 15 is 0 Å². The molecule has 3 nitrogen and oxygen atoms in total. The number of rotatable bonds is 3. The zero-order valence-corrected chi connectivity index (χ0v) is 13.0. The fraction of sp³-hybridized carbons (Fsp3) is 0.938. The second kappa shape index (κ2) is 5.82. The van der Waals surface area contributed by atoms with Gasteiger partial charge in [-0.15, -0.1) is 0 Å². The van der Waals surface area contributed by atoms with E-state index in [0.717, 1.165) is 25.6 Å². The maximum absolute atomic E-state index is 12.4. The summed E-state index contributed by atoms with van der Waals surface area (Å²) in [6.45, 7) is 11.3. The summed E-state index contributed by atoms with van der Waals surface area (Å²) in [5.41, 5.74) is -0.254. The van der Waals surface area contributed by atoms with Crippen LogP contribution in [0.15, 0.2) is 0 Å². The van der Waals surface area contributed by atoms with Crippen LogP contribution in [0.5, 0.6) is 0 Å². The van der Waals surface area contributed by atoms with E-state index in [4.69, 9.17) is 0 Å². The molecule has 1 N–H and O–H groups in total. The highest BCUT2D eigenvalue weighted by atomic mass is 16.2. The van der Waals surface area contributed by atoms with E-state index < -0.39 is 0 Å². The van der Waals surface area contributed by atoms with Crippen LogP contribution in [-0.4, -0.2) is 36.5 Å². The highest BCUT2D eigenvalue weighted by Gasteiger charge is 2.33. The maximum Gasteiger partial charge on any atom is 0.228 e. The van der Waals surface area contributed by atoms with E-state index in [-0.39, 0.29) is 5.41 Å². The third-order valence-electron chi connectivity index (χ3n) is 4.51. The van der Waals surface area contributed by atoms with Crippen molar-refractivity contribution < 1.29 is 4.79 Å². The molecule has 0 aromatic rings. The van der Waals surface area contributed by atoms with Crippen LogP contribution >= 0.6 is 0 Å². The van der Waals surface area contributed by atoms with Gasteiger partial charge in [-0.3, -0.25) is 4.79 Å². The molecule has 1 amide bonds. The lowest BCUT2D eigenvalue weighted by Gasteiger charge is -2.40. The zero-order valence-electron chi connectivity index (χ0n) is 13.0. The number of piperidine rings is 1.